The van der Waals surface area contributed by atoms with Gasteiger partial charge in [0.25, 0.3) is 0 Å². The van der Waals surface area contributed by atoms with Crippen LogP contribution in [-0.4, -0.2) is 23.7 Å². The van der Waals surface area contributed by atoms with Crippen molar-refractivity contribution in [2.45, 2.75) is 44.6 Å². The largest absolute Gasteiger partial charge is 0.446 e. The number of amides is 1. The number of para-hydroxylation sites is 1. The van der Waals surface area contributed by atoms with Gasteiger partial charge >= 0.3 is 6.09 Å². The predicted octanol–water partition coefficient (Wildman–Crippen LogP) is 3.77. The molecule has 3 rings (SSSR count). The normalized spacial score (nSPS) is 16.0. The summed E-state index contributed by atoms with van der Waals surface area (Å²) in [6.45, 7) is 0.605. The van der Waals surface area contributed by atoms with E-state index in [0.29, 0.717) is 6.54 Å². The van der Waals surface area contributed by atoms with Gasteiger partial charge in [0.1, 0.15) is 6.10 Å². The van der Waals surface area contributed by atoms with E-state index in [2.05, 4.69) is 22.4 Å². The minimum atomic E-state index is -0.276. The van der Waals surface area contributed by atoms with Crippen LogP contribution in [0.15, 0.2) is 30.5 Å². The van der Waals surface area contributed by atoms with Crippen LogP contribution < -0.4 is 5.32 Å². The summed E-state index contributed by atoms with van der Waals surface area (Å²) in [5, 5.41) is 4.08. The average molecular weight is 286 g/mol. The van der Waals surface area contributed by atoms with Crippen LogP contribution in [0, 0.1) is 0 Å². The first-order valence-electron chi connectivity index (χ1n) is 7.82. The van der Waals surface area contributed by atoms with Crippen LogP contribution in [0.4, 0.5) is 4.79 Å². The monoisotopic (exact) mass is 286 g/mol. The summed E-state index contributed by atoms with van der Waals surface area (Å²) in [6, 6.07) is 8.21. The zero-order chi connectivity index (χ0) is 14.5. The summed E-state index contributed by atoms with van der Waals surface area (Å²) < 4.78 is 5.44. The molecule has 0 saturated heterocycles. The Balaban J connectivity index is 1.46. The number of H-pyrrole nitrogens is 1. The van der Waals surface area contributed by atoms with Crippen molar-refractivity contribution in [3.63, 3.8) is 0 Å². The lowest BCUT2D eigenvalue weighted by Crippen LogP contribution is -2.31. The Morgan fingerprint density at radius 1 is 1.24 bits per heavy atom. The van der Waals surface area contributed by atoms with Crippen molar-refractivity contribution in [3.05, 3.63) is 36.0 Å². The van der Waals surface area contributed by atoms with E-state index in [-0.39, 0.29) is 12.2 Å². The molecule has 0 spiro atoms. The van der Waals surface area contributed by atoms with Crippen LogP contribution >= 0.6 is 0 Å². The number of aromatic nitrogens is 1. The smallest absolute Gasteiger partial charge is 0.407 e. The minimum absolute atomic E-state index is 0.117. The molecule has 2 aromatic rings. The number of alkyl carbamates (subject to hydrolysis) is 1. The number of carbonyl (C=O) groups excluding carboxylic acids is 1. The second kappa shape index (κ2) is 6.66. The standard InChI is InChI=1S/C17H22N2O2/c20-17(21-14-6-2-1-3-7-14)18-11-10-13-12-19-16-9-5-4-8-15(13)16/h4-5,8-9,12,14,19H,1-3,6-7,10-11H2,(H,18,20). The van der Waals surface area contributed by atoms with Gasteiger partial charge in [0, 0.05) is 23.6 Å². The third kappa shape index (κ3) is 3.57. The summed E-state index contributed by atoms with van der Waals surface area (Å²) in [6.07, 6.45) is 8.30. The molecule has 1 aromatic carbocycles. The number of benzene rings is 1. The molecule has 1 aliphatic rings. The third-order valence-electron chi connectivity index (χ3n) is 4.16. The van der Waals surface area contributed by atoms with E-state index in [4.69, 9.17) is 4.74 Å². The predicted molar refractivity (Wildman–Crippen MR) is 83.4 cm³/mol. The molecule has 1 aliphatic carbocycles. The lowest BCUT2D eigenvalue weighted by Gasteiger charge is -2.21. The molecule has 0 atom stereocenters. The third-order valence-corrected chi connectivity index (χ3v) is 4.16. The van der Waals surface area contributed by atoms with Gasteiger partial charge in [-0.05, 0) is 43.7 Å². The zero-order valence-electron chi connectivity index (χ0n) is 12.2. The van der Waals surface area contributed by atoms with E-state index in [1.807, 2.05) is 18.3 Å². The number of hydrogen-bond donors (Lipinski definition) is 2. The van der Waals surface area contributed by atoms with Crippen molar-refractivity contribution in [2.75, 3.05) is 6.54 Å². The van der Waals surface area contributed by atoms with Gasteiger partial charge in [0.05, 0.1) is 0 Å². The maximum Gasteiger partial charge on any atom is 0.407 e. The Bertz CT molecular complexity index is 600. The fourth-order valence-electron chi connectivity index (χ4n) is 3.01. The van der Waals surface area contributed by atoms with Gasteiger partial charge in [0.2, 0.25) is 0 Å². The molecule has 1 heterocycles. The maximum atomic E-state index is 11.8. The van der Waals surface area contributed by atoms with Crippen molar-refractivity contribution in [1.82, 2.24) is 10.3 Å². The Kier molecular flexibility index (Phi) is 4.43. The molecule has 2 N–H and O–H groups in total. The molecule has 0 bridgehead atoms. The molecular weight excluding hydrogens is 264 g/mol. The fraction of sp³-hybridized carbons (Fsp3) is 0.471. The molecule has 0 unspecified atom stereocenters. The van der Waals surface area contributed by atoms with Crippen LogP contribution in [0.1, 0.15) is 37.7 Å². The number of carbonyl (C=O) groups is 1. The van der Waals surface area contributed by atoms with E-state index in [1.165, 1.54) is 30.2 Å². The van der Waals surface area contributed by atoms with Gasteiger partial charge in [0.15, 0.2) is 0 Å². The Labute approximate surface area is 124 Å². The molecule has 1 saturated carbocycles. The number of ether oxygens (including phenoxy) is 1. The van der Waals surface area contributed by atoms with E-state index in [0.717, 1.165) is 24.8 Å². The van der Waals surface area contributed by atoms with Gasteiger partial charge in [-0.15, -0.1) is 0 Å². The van der Waals surface area contributed by atoms with Gasteiger partial charge in [-0.25, -0.2) is 4.79 Å². The summed E-state index contributed by atoms with van der Waals surface area (Å²) in [7, 11) is 0. The molecule has 1 fully saturated rings. The summed E-state index contributed by atoms with van der Waals surface area (Å²) in [5.41, 5.74) is 2.36. The van der Waals surface area contributed by atoms with Crippen molar-refractivity contribution in [3.8, 4) is 0 Å². The van der Waals surface area contributed by atoms with Crippen molar-refractivity contribution in [2.24, 2.45) is 0 Å². The lowest BCUT2D eigenvalue weighted by molar-refractivity contribution is 0.0755. The van der Waals surface area contributed by atoms with E-state index < -0.39 is 0 Å². The second-order valence-electron chi connectivity index (χ2n) is 5.70. The van der Waals surface area contributed by atoms with Gasteiger partial charge in [-0.3, -0.25) is 0 Å². The summed E-state index contributed by atoms with van der Waals surface area (Å²) in [4.78, 5) is 15.0. The van der Waals surface area contributed by atoms with Crippen LogP contribution in [-0.2, 0) is 11.2 Å². The first-order chi connectivity index (χ1) is 10.3. The molecule has 1 amide bonds. The zero-order valence-corrected chi connectivity index (χ0v) is 12.2. The summed E-state index contributed by atoms with van der Waals surface area (Å²) >= 11 is 0. The second-order valence-corrected chi connectivity index (χ2v) is 5.70. The fourth-order valence-corrected chi connectivity index (χ4v) is 3.01. The molecule has 4 nitrogen and oxygen atoms in total. The highest BCUT2D eigenvalue weighted by Gasteiger charge is 2.17. The Hall–Kier alpha value is -1.97. The number of nitrogens with one attached hydrogen (secondary N) is 2. The Morgan fingerprint density at radius 2 is 2.05 bits per heavy atom. The van der Waals surface area contributed by atoms with Crippen LogP contribution in [0.3, 0.4) is 0 Å². The topological polar surface area (TPSA) is 54.1 Å². The Morgan fingerprint density at radius 3 is 2.90 bits per heavy atom. The SMILES string of the molecule is O=C(NCCc1c[nH]c2ccccc12)OC1CCCCC1. The molecule has 0 aliphatic heterocycles. The molecule has 0 radical (unpaired) electrons. The van der Waals surface area contributed by atoms with Crippen LogP contribution in [0.25, 0.3) is 10.9 Å². The van der Waals surface area contributed by atoms with Crippen molar-refractivity contribution >= 4 is 17.0 Å². The van der Waals surface area contributed by atoms with Gasteiger partial charge in [-0.2, -0.15) is 0 Å². The summed E-state index contributed by atoms with van der Waals surface area (Å²) in [5.74, 6) is 0. The van der Waals surface area contributed by atoms with Crippen molar-refractivity contribution < 1.29 is 9.53 Å². The average Bonchev–Trinajstić information content (AvgIpc) is 2.92. The minimum Gasteiger partial charge on any atom is -0.446 e. The van der Waals surface area contributed by atoms with E-state index >= 15 is 0 Å². The van der Waals surface area contributed by atoms with Gasteiger partial charge < -0.3 is 15.0 Å². The highest BCUT2D eigenvalue weighted by molar-refractivity contribution is 5.83. The van der Waals surface area contributed by atoms with Crippen molar-refractivity contribution in [1.29, 1.82) is 0 Å². The maximum absolute atomic E-state index is 11.8. The lowest BCUT2D eigenvalue weighted by atomic mass is 9.98. The number of rotatable bonds is 4. The number of hydrogen-bond acceptors (Lipinski definition) is 2. The van der Waals surface area contributed by atoms with Crippen LogP contribution in [0.2, 0.25) is 0 Å². The molecule has 4 heteroatoms. The quantitative estimate of drug-likeness (QED) is 0.899. The molecule has 21 heavy (non-hydrogen) atoms. The molecular formula is C17H22N2O2. The highest BCUT2D eigenvalue weighted by atomic mass is 16.6. The van der Waals surface area contributed by atoms with E-state index in [1.54, 1.807) is 0 Å². The van der Waals surface area contributed by atoms with Gasteiger partial charge in [-0.1, -0.05) is 24.6 Å². The number of fused-ring (bicyclic) bond motifs is 1. The molecule has 112 valence electrons. The first-order valence-corrected chi connectivity index (χ1v) is 7.82. The van der Waals surface area contributed by atoms with Crippen LogP contribution in [0.5, 0.6) is 0 Å². The highest BCUT2D eigenvalue weighted by Crippen LogP contribution is 2.20. The number of aromatic amines is 1. The molecule has 1 aromatic heterocycles. The van der Waals surface area contributed by atoms with E-state index in [9.17, 15) is 4.79 Å². The first kappa shape index (κ1) is 14.0.